The van der Waals surface area contributed by atoms with Crippen LogP contribution in [0.2, 0.25) is 0 Å². The highest BCUT2D eigenvalue weighted by atomic mass is 16.5. The fourth-order valence-corrected chi connectivity index (χ4v) is 2.19. The van der Waals surface area contributed by atoms with Crippen molar-refractivity contribution < 1.29 is 4.74 Å². The lowest BCUT2D eigenvalue weighted by Crippen LogP contribution is -2.15. The maximum absolute atomic E-state index is 5.91. The van der Waals surface area contributed by atoms with Crippen molar-refractivity contribution in [1.82, 2.24) is 10.3 Å². The molecule has 2 aromatic rings. The monoisotopic (exact) mass is 268 g/mol. The number of nitrogens with zero attached hydrogens (tertiary/aromatic N) is 1. The standard InChI is InChI=1S/C17H20N2O/c1-12-5-3-4-6-16(12)20-17-10-14(9-13(2)19-17)11-18-15-7-8-15/h3-6,9-10,15,18H,7-8,11H2,1-2H3. The molecule has 104 valence electrons. The van der Waals surface area contributed by atoms with Crippen molar-refractivity contribution in [2.24, 2.45) is 0 Å². The van der Waals surface area contributed by atoms with E-state index < -0.39 is 0 Å². The van der Waals surface area contributed by atoms with E-state index >= 15 is 0 Å². The number of hydrogen-bond donors (Lipinski definition) is 1. The zero-order valence-corrected chi connectivity index (χ0v) is 12.0. The normalized spacial score (nSPS) is 14.3. The first-order chi connectivity index (χ1) is 9.70. The average molecular weight is 268 g/mol. The summed E-state index contributed by atoms with van der Waals surface area (Å²) in [7, 11) is 0. The lowest BCUT2D eigenvalue weighted by molar-refractivity contribution is 0.457. The second-order valence-electron chi connectivity index (χ2n) is 5.48. The largest absolute Gasteiger partial charge is 0.439 e. The molecule has 1 fully saturated rings. The summed E-state index contributed by atoms with van der Waals surface area (Å²) >= 11 is 0. The van der Waals surface area contributed by atoms with Crippen LogP contribution < -0.4 is 10.1 Å². The zero-order valence-electron chi connectivity index (χ0n) is 12.0. The third kappa shape index (κ3) is 3.36. The number of benzene rings is 1. The fraction of sp³-hybridized carbons (Fsp3) is 0.353. The number of para-hydroxylation sites is 1. The summed E-state index contributed by atoms with van der Waals surface area (Å²) < 4.78 is 5.91. The average Bonchev–Trinajstić information content (AvgIpc) is 3.23. The van der Waals surface area contributed by atoms with Crippen molar-refractivity contribution in [3.05, 3.63) is 53.2 Å². The molecule has 1 heterocycles. The van der Waals surface area contributed by atoms with Crippen LogP contribution >= 0.6 is 0 Å². The zero-order chi connectivity index (χ0) is 13.9. The van der Waals surface area contributed by atoms with Gasteiger partial charge in [0.1, 0.15) is 5.75 Å². The summed E-state index contributed by atoms with van der Waals surface area (Å²) in [5.74, 6) is 1.54. The van der Waals surface area contributed by atoms with Gasteiger partial charge in [0.2, 0.25) is 5.88 Å². The van der Waals surface area contributed by atoms with Gasteiger partial charge in [0.15, 0.2) is 0 Å². The van der Waals surface area contributed by atoms with Gasteiger partial charge in [-0.05, 0) is 49.9 Å². The summed E-state index contributed by atoms with van der Waals surface area (Å²) in [5, 5.41) is 3.52. The van der Waals surface area contributed by atoms with Crippen LogP contribution in [-0.4, -0.2) is 11.0 Å². The smallest absolute Gasteiger partial charge is 0.219 e. The van der Waals surface area contributed by atoms with Gasteiger partial charge in [0.25, 0.3) is 0 Å². The Bertz CT molecular complexity index is 606. The van der Waals surface area contributed by atoms with Crippen molar-refractivity contribution in [1.29, 1.82) is 0 Å². The molecular formula is C17H20N2O. The van der Waals surface area contributed by atoms with Gasteiger partial charge < -0.3 is 10.1 Å². The first kappa shape index (κ1) is 13.1. The second kappa shape index (κ2) is 5.63. The summed E-state index contributed by atoms with van der Waals surface area (Å²) in [6, 6.07) is 12.9. The Balaban J connectivity index is 1.76. The molecule has 0 spiro atoms. The highest BCUT2D eigenvalue weighted by Gasteiger charge is 2.20. The second-order valence-corrected chi connectivity index (χ2v) is 5.48. The van der Waals surface area contributed by atoms with Crippen LogP contribution in [0.25, 0.3) is 0 Å². The van der Waals surface area contributed by atoms with E-state index in [2.05, 4.69) is 16.4 Å². The van der Waals surface area contributed by atoms with Crippen molar-refractivity contribution in [3.63, 3.8) is 0 Å². The molecule has 1 aliphatic rings. The van der Waals surface area contributed by atoms with E-state index in [-0.39, 0.29) is 0 Å². The molecule has 0 amide bonds. The maximum atomic E-state index is 5.91. The van der Waals surface area contributed by atoms with Crippen molar-refractivity contribution in [2.45, 2.75) is 39.3 Å². The molecule has 20 heavy (non-hydrogen) atoms. The van der Waals surface area contributed by atoms with E-state index in [9.17, 15) is 0 Å². The van der Waals surface area contributed by atoms with Crippen molar-refractivity contribution >= 4 is 0 Å². The third-order valence-electron chi connectivity index (χ3n) is 3.47. The topological polar surface area (TPSA) is 34.1 Å². The lowest BCUT2D eigenvalue weighted by atomic mass is 10.2. The van der Waals surface area contributed by atoms with Gasteiger partial charge in [-0.25, -0.2) is 4.98 Å². The van der Waals surface area contributed by atoms with Crippen LogP contribution in [0, 0.1) is 13.8 Å². The van der Waals surface area contributed by atoms with Crippen molar-refractivity contribution in [2.75, 3.05) is 0 Å². The molecule has 1 aromatic heterocycles. The predicted octanol–water partition coefficient (Wildman–Crippen LogP) is 3.74. The van der Waals surface area contributed by atoms with E-state index in [0.29, 0.717) is 11.9 Å². The van der Waals surface area contributed by atoms with Crippen LogP contribution in [-0.2, 0) is 6.54 Å². The molecule has 3 heteroatoms. The van der Waals surface area contributed by atoms with Crippen LogP contribution in [0.4, 0.5) is 0 Å². The van der Waals surface area contributed by atoms with Gasteiger partial charge in [-0.2, -0.15) is 0 Å². The number of hydrogen-bond acceptors (Lipinski definition) is 3. The van der Waals surface area contributed by atoms with Crippen LogP contribution in [0.5, 0.6) is 11.6 Å². The van der Waals surface area contributed by atoms with E-state index in [1.165, 1.54) is 18.4 Å². The molecule has 0 unspecified atom stereocenters. The Kier molecular flexibility index (Phi) is 3.70. The first-order valence-electron chi connectivity index (χ1n) is 7.15. The Hall–Kier alpha value is -1.87. The van der Waals surface area contributed by atoms with Crippen LogP contribution in [0.1, 0.15) is 29.7 Å². The number of aryl methyl sites for hydroxylation is 2. The Labute approximate surface area is 120 Å². The lowest BCUT2D eigenvalue weighted by Gasteiger charge is -2.10. The Morgan fingerprint density at radius 1 is 1.20 bits per heavy atom. The molecule has 0 aliphatic heterocycles. The molecule has 1 aromatic carbocycles. The Morgan fingerprint density at radius 2 is 2.00 bits per heavy atom. The molecule has 0 atom stereocenters. The van der Waals surface area contributed by atoms with Gasteiger partial charge in [0.05, 0.1) is 0 Å². The van der Waals surface area contributed by atoms with Crippen molar-refractivity contribution in [3.8, 4) is 11.6 Å². The highest BCUT2D eigenvalue weighted by molar-refractivity contribution is 5.36. The molecule has 0 radical (unpaired) electrons. The maximum Gasteiger partial charge on any atom is 0.219 e. The predicted molar refractivity (Wildman–Crippen MR) is 80.1 cm³/mol. The fourth-order valence-electron chi connectivity index (χ4n) is 2.19. The van der Waals surface area contributed by atoms with E-state index in [1.807, 2.05) is 44.2 Å². The van der Waals surface area contributed by atoms with E-state index in [0.717, 1.165) is 23.6 Å². The molecule has 1 aliphatic carbocycles. The van der Waals surface area contributed by atoms with Crippen LogP contribution in [0.15, 0.2) is 36.4 Å². The minimum absolute atomic E-state index is 0.673. The van der Waals surface area contributed by atoms with Gasteiger partial charge >= 0.3 is 0 Å². The SMILES string of the molecule is Cc1cc(CNC2CC2)cc(Oc2ccccc2C)n1. The van der Waals surface area contributed by atoms with Gasteiger partial charge in [0, 0.05) is 24.3 Å². The molecule has 0 saturated heterocycles. The number of ether oxygens (including phenoxy) is 1. The molecule has 3 nitrogen and oxygen atoms in total. The summed E-state index contributed by atoms with van der Waals surface area (Å²) in [6.45, 7) is 4.93. The van der Waals surface area contributed by atoms with E-state index in [1.54, 1.807) is 0 Å². The minimum Gasteiger partial charge on any atom is -0.439 e. The minimum atomic E-state index is 0.673. The van der Waals surface area contributed by atoms with Gasteiger partial charge in [-0.1, -0.05) is 18.2 Å². The highest BCUT2D eigenvalue weighted by Crippen LogP contribution is 2.25. The summed E-state index contributed by atoms with van der Waals surface area (Å²) in [4.78, 5) is 4.46. The number of aromatic nitrogens is 1. The van der Waals surface area contributed by atoms with Crippen LogP contribution in [0.3, 0.4) is 0 Å². The molecule has 3 rings (SSSR count). The molecule has 1 N–H and O–H groups in total. The van der Waals surface area contributed by atoms with Gasteiger partial charge in [-0.3, -0.25) is 0 Å². The third-order valence-corrected chi connectivity index (χ3v) is 3.47. The number of pyridine rings is 1. The molecule has 0 bridgehead atoms. The summed E-state index contributed by atoms with van der Waals surface area (Å²) in [6.07, 6.45) is 2.60. The summed E-state index contributed by atoms with van der Waals surface area (Å²) in [5.41, 5.74) is 3.34. The number of rotatable bonds is 5. The van der Waals surface area contributed by atoms with E-state index in [4.69, 9.17) is 4.74 Å². The quantitative estimate of drug-likeness (QED) is 0.897. The molecular weight excluding hydrogens is 248 g/mol. The van der Waals surface area contributed by atoms with Gasteiger partial charge in [-0.15, -0.1) is 0 Å². The number of nitrogens with one attached hydrogen (secondary N) is 1. The molecule has 1 saturated carbocycles. The Morgan fingerprint density at radius 3 is 2.75 bits per heavy atom. The first-order valence-corrected chi connectivity index (χ1v) is 7.15.